The molecular weight excluding hydrogens is 448 g/mol. The van der Waals surface area contributed by atoms with Crippen LogP contribution in [0, 0.1) is 17.0 Å². The molecule has 4 rings (SSSR count). The van der Waals surface area contributed by atoms with Crippen molar-refractivity contribution in [3.8, 4) is 5.75 Å². The minimum atomic E-state index is -4.27. The molecule has 0 amide bonds. The van der Waals surface area contributed by atoms with E-state index >= 15 is 0 Å². The zero-order chi connectivity index (χ0) is 23.6. The largest absolute Gasteiger partial charge is 0.378 e. The molecule has 10 nitrogen and oxygen atoms in total. The lowest BCUT2D eigenvalue weighted by molar-refractivity contribution is -0.384. The van der Waals surface area contributed by atoms with E-state index in [-0.39, 0.29) is 21.9 Å². The van der Waals surface area contributed by atoms with Gasteiger partial charge >= 0.3 is 10.1 Å². The van der Waals surface area contributed by atoms with Crippen LogP contribution >= 0.6 is 0 Å². The van der Waals surface area contributed by atoms with Crippen LogP contribution in [0.25, 0.3) is 10.9 Å². The van der Waals surface area contributed by atoms with Crippen LogP contribution in [0.1, 0.15) is 11.4 Å². The van der Waals surface area contributed by atoms with Crippen molar-refractivity contribution in [2.75, 3.05) is 0 Å². The van der Waals surface area contributed by atoms with Crippen molar-refractivity contribution in [2.45, 2.75) is 11.8 Å². The SMILES string of the molecule is Cc1nc2ccccc2c(=O)n1/N=C/c1ccccc1OS(=O)(=O)c1ccc([N+](=O)[O-])cc1. The van der Waals surface area contributed by atoms with Gasteiger partial charge < -0.3 is 4.18 Å². The Bertz CT molecular complexity index is 1560. The highest BCUT2D eigenvalue weighted by Crippen LogP contribution is 2.23. The number of benzene rings is 3. The quantitative estimate of drug-likeness (QED) is 0.185. The molecule has 11 heteroatoms. The van der Waals surface area contributed by atoms with Gasteiger partial charge in [-0.1, -0.05) is 24.3 Å². The molecule has 1 aromatic heterocycles. The van der Waals surface area contributed by atoms with Crippen LogP contribution in [-0.4, -0.2) is 29.2 Å². The standard InChI is InChI=1S/C22H16N4O6S/c1-15-24-20-8-4-3-7-19(20)22(27)25(15)23-14-16-6-2-5-9-21(16)32-33(30,31)18-12-10-17(11-13-18)26(28)29/h2-14H,1H3/b23-14+. The van der Waals surface area contributed by atoms with E-state index in [0.29, 0.717) is 22.3 Å². The summed E-state index contributed by atoms with van der Waals surface area (Å²) in [5.41, 5.74) is 0.226. The number of aryl methyl sites for hydroxylation is 1. The molecule has 0 fully saturated rings. The van der Waals surface area contributed by atoms with Gasteiger partial charge in [0.05, 0.1) is 22.0 Å². The van der Waals surface area contributed by atoms with Crippen molar-refractivity contribution in [2.24, 2.45) is 5.10 Å². The summed E-state index contributed by atoms with van der Waals surface area (Å²) in [6.07, 6.45) is 1.30. The molecule has 0 atom stereocenters. The summed E-state index contributed by atoms with van der Waals surface area (Å²) < 4.78 is 31.7. The highest BCUT2D eigenvalue weighted by atomic mass is 32.2. The van der Waals surface area contributed by atoms with Gasteiger partial charge in [-0.2, -0.15) is 18.2 Å². The van der Waals surface area contributed by atoms with Crippen molar-refractivity contribution in [1.29, 1.82) is 0 Å². The van der Waals surface area contributed by atoms with Crippen LogP contribution in [0.3, 0.4) is 0 Å². The second-order valence-electron chi connectivity index (χ2n) is 6.86. The summed E-state index contributed by atoms with van der Waals surface area (Å²) in [5.74, 6) is 0.325. The first-order valence-corrected chi connectivity index (χ1v) is 11.0. The van der Waals surface area contributed by atoms with E-state index in [1.54, 1.807) is 49.4 Å². The van der Waals surface area contributed by atoms with E-state index < -0.39 is 15.0 Å². The molecule has 3 aromatic carbocycles. The molecule has 33 heavy (non-hydrogen) atoms. The molecule has 0 aliphatic heterocycles. The summed E-state index contributed by atoms with van der Waals surface area (Å²) in [6, 6.07) is 17.4. The summed E-state index contributed by atoms with van der Waals surface area (Å²) in [6.45, 7) is 1.63. The van der Waals surface area contributed by atoms with Gasteiger partial charge in [0.1, 0.15) is 10.7 Å². The normalized spacial score (nSPS) is 11.7. The average Bonchev–Trinajstić information content (AvgIpc) is 2.80. The lowest BCUT2D eigenvalue weighted by Crippen LogP contribution is -2.20. The third-order valence-corrected chi connectivity index (χ3v) is 5.93. The topological polar surface area (TPSA) is 134 Å². The minimum absolute atomic E-state index is 0.0287. The van der Waals surface area contributed by atoms with Gasteiger partial charge in [-0.05, 0) is 43.3 Å². The third-order valence-electron chi connectivity index (χ3n) is 4.68. The second kappa shape index (κ2) is 8.63. The Kier molecular flexibility index (Phi) is 5.71. The van der Waals surface area contributed by atoms with Gasteiger partial charge in [0.25, 0.3) is 11.2 Å². The van der Waals surface area contributed by atoms with Gasteiger partial charge in [-0.15, -0.1) is 0 Å². The van der Waals surface area contributed by atoms with Crippen molar-refractivity contribution < 1.29 is 17.5 Å². The molecule has 0 aliphatic carbocycles. The average molecular weight is 464 g/mol. The highest BCUT2D eigenvalue weighted by molar-refractivity contribution is 7.87. The number of non-ortho nitro benzene ring substituents is 1. The molecule has 0 spiro atoms. The number of nitrogens with zero attached hydrogens (tertiary/aromatic N) is 4. The molecule has 0 bridgehead atoms. The smallest absolute Gasteiger partial charge is 0.339 e. The molecule has 4 aromatic rings. The maximum atomic E-state index is 12.8. The lowest BCUT2D eigenvalue weighted by atomic mass is 10.2. The molecule has 1 heterocycles. The number of para-hydroxylation sites is 2. The maximum Gasteiger partial charge on any atom is 0.339 e. The number of hydrogen-bond acceptors (Lipinski definition) is 8. The van der Waals surface area contributed by atoms with Crippen molar-refractivity contribution in [1.82, 2.24) is 9.66 Å². The Labute approximate surface area is 187 Å². The highest BCUT2D eigenvalue weighted by Gasteiger charge is 2.19. The molecule has 0 aliphatic rings. The molecule has 0 saturated heterocycles. The number of fused-ring (bicyclic) bond motifs is 1. The minimum Gasteiger partial charge on any atom is -0.378 e. The first-order chi connectivity index (χ1) is 15.8. The number of rotatable bonds is 6. The molecular formula is C22H16N4O6S. The van der Waals surface area contributed by atoms with E-state index in [1.165, 1.54) is 12.3 Å². The fraction of sp³-hybridized carbons (Fsp3) is 0.0455. The summed E-state index contributed by atoms with van der Waals surface area (Å²) in [7, 11) is -4.27. The predicted octanol–water partition coefficient (Wildman–Crippen LogP) is 3.26. The van der Waals surface area contributed by atoms with E-state index in [0.717, 1.165) is 28.9 Å². The molecule has 0 saturated carbocycles. The Hall–Kier alpha value is -4.38. The van der Waals surface area contributed by atoms with Crippen LogP contribution in [0.4, 0.5) is 5.69 Å². The van der Waals surface area contributed by atoms with Crippen LogP contribution in [-0.2, 0) is 10.1 Å². The molecule has 166 valence electrons. The molecule has 0 unspecified atom stereocenters. The van der Waals surface area contributed by atoms with Crippen LogP contribution in [0.5, 0.6) is 5.75 Å². The summed E-state index contributed by atoms with van der Waals surface area (Å²) in [4.78, 5) is 27.1. The molecule has 0 radical (unpaired) electrons. The predicted molar refractivity (Wildman–Crippen MR) is 121 cm³/mol. The second-order valence-corrected chi connectivity index (χ2v) is 8.41. The molecule has 0 N–H and O–H groups in total. The van der Waals surface area contributed by atoms with Crippen LogP contribution in [0.2, 0.25) is 0 Å². The van der Waals surface area contributed by atoms with E-state index in [9.17, 15) is 23.3 Å². The Morgan fingerprint density at radius 2 is 1.70 bits per heavy atom. The lowest BCUT2D eigenvalue weighted by Gasteiger charge is -2.10. The van der Waals surface area contributed by atoms with E-state index in [1.807, 2.05) is 0 Å². The number of nitro benzene ring substituents is 1. The fourth-order valence-corrected chi connectivity index (χ4v) is 4.01. The first-order valence-electron chi connectivity index (χ1n) is 9.57. The Morgan fingerprint density at radius 3 is 2.42 bits per heavy atom. The van der Waals surface area contributed by atoms with E-state index in [2.05, 4.69) is 10.1 Å². The summed E-state index contributed by atoms with van der Waals surface area (Å²) >= 11 is 0. The van der Waals surface area contributed by atoms with Gasteiger partial charge in [0.15, 0.2) is 5.75 Å². The Morgan fingerprint density at radius 1 is 1.03 bits per heavy atom. The summed E-state index contributed by atoms with van der Waals surface area (Å²) in [5, 5.41) is 15.4. The fourth-order valence-electron chi connectivity index (χ4n) is 3.05. The van der Waals surface area contributed by atoms with Crippen molar-refractivity contribution in [3.05, 3.63) is 105 Å². The first kappa shape index (κ1) is 21.8. The zero-order valence-corrected chi connectivity index (χ0v) is 18.0. The van der Waals surface area contributed by atoms with Gasteiger partial charge in [0.2, 0.25) is 0 Å². The number of nitro groups is 1. The number of aromatic nitrogens is 2. The Balaban J connectivity index is 1.67. The van der Waals surface area contributed by atoms with Gasteiger partial charge in [-0.25, -0.2) is 4.98 Å². The van der Waals surface area contributed by atoms with Crippen LogP contribution in [0.15, 0.2) is 87.6 Å². The van der Waals surface area contributed by atoms with Crippen molar-refractivity contribution in [3.63, 3.8) is 0 Å². The maximum absolute atomic E-state index is 12.8. The monoisotopic (exact) mass is 464 g/mol. The zero-order valence-electron chi connectivity index (χ0n) is 17.2. The van der Waals surface area contributed by atoms with Gasteiger partial charge in [-0.3, -0.25) is 14.9 Å². The van der Waals surface area contributed by atoms with Gasteiger partial charge in [0, 0.05) is 17.7 Å². The van der Waals surface area contributed by atoms with Crippen LogP contribution < -0.4 is 9.74 Å². The number of hydrogen-bond donors (Lipinski definition) is 0. The van der Waals surface area contributed by atoms with Crippen molar-refractivity contribution >= 4 is 32.9 Å². The van der Waals surface area contributed by atoms with E-state index in [4.69, 9.17) is 4.18 Å². The third kappa shape index (κ3) is 4.48.